The lowest BCUT2D eigenvalue weighted by Gasteiger charge is -2.66. The molecule has 0 aromatic carbocycles. The van der Waals surface area contributed by atoms with Crippen molar-refractivity contribution in [3.63, 3.8) is 0 Å². The van der Waals surface area contributed by atoms with Gasteiger partial charge in [-0.15, -0.1) is 0 Å². The molecule has 0 amide bonds. The fraction of sp³-hybridized carbons (Fsp3) is 0.812. The van der Waals surface area contributed by atoms with E-state index >= 15 is 0 Å². The monoisotopic (exact) mass is 280 g/mol. The third-order valence-electron chi connectivity index (χ3n) is 5.29. The quantitative estimate of drug-likeness (QED) is 0.637. The first-order valence-corrected chi connectivity index (χ1v) is 7.29. The van der Waals surface area contributed by atoms with Crippen LogP contribution < -0.4 is 0 Å². The SMILES string of the molecule is C=C(C)C(=O)OC12CC3(C)CC(O)(CC(OC)(C3)C1)C2. The summed E-state index contributed by atoms with van der Waals surface area (Å²) in [6, 6.07) is 0. The summed E-state index contributed by atoms with van der Waals surface area (Å²) in [4.78, 5) is 12.0. The van der Waals surface area contributed by atoms with Gasteiger partial charge in [0, 0.05) is 31.9 Å². The van der Waals surface area contributed by atoms with Crippen LogP contribution in [0, 0.1) is 5.41 Å². The van der Waals surface area contributed by atoms with E-state index < -0.39 is 11.2 Å². The molecule has 0 heterocycles. The van der Waals surface area contributed by atoms with E-state index in [4.69, 9.17) is 9.47 Å². The van der Waals surface area contributed by atoms with Gasteiger partial charge in [-0.05, 0) is 31.6 Å². The van der Waals surface area contributed by atoms with Crippen LogP contribution in [0.5, 0.6) is 0 Å². The Labute approximate surface area is 120 Å². The molecule has 0 aromatic rings. The number of methoxy groups -OCH3 is 1. The summed E-state index contributed by atoms with van der Waals surface area (Å²) in [5.74, 6) is -0.356. The first-order chi connectivity index (χ1) is 9.13. The number of carbonyl (C=O) groups is 1. The summed E-state index contributed by atoms with van der Waals surface area (Å²) in [6.45, 7) is 7.49. The summed E-state index contributed by atoms with van der Waals surface area (Å²) in [7, 11) is 1.70. The molecular formula is C16H24O4. The highest BCUT2D eigenvalue weighted by molar-refractivity contribution is 5.87. The van der Waals surface area contributed by atoms with Crippen molar-refractivity contribution in [2.24, 2.45) is 5.41 Å². The summed E-state index contributed by atoms with van der Waals surface area (Å²) >= 11 is 0. The number of hydrogen-bond donors (Lipinski definition) is 1. The van der Waals surface area contributed by atoms with E-state index in [0.717, 1.165) is 19.3 Å². The highest BCUT2D eigenvalue weighted by Gasteiger charge is 2.68. The number of hydrogen-bond acceptors (Lipinski definition) is 4. The van der Waals surface area contributed by atoms with Crippen LogP contribution in [-0.4, -0.2) is 35.0 Å². The zero-order valence-electron chi connectivity index (χ0n) is 12.6. The van der Waals surface area contributed by atoms with E-state index in [1.165, 1.54) is 0 Å². The van der Waals surface area contributed by atoms with Gasteiger partial charge in [0.25, 0.3) is 0 Å². The van der Waals surface area contributed by atoms with Gasteiger partial charge in [-0.3, -0.25) is 0 Å². The first kappa shape index (κ1) is 14.1. The maximum atomic E-state index is 12.0. The maximum absolute atomic E-state index is 12.0. The molecule has 20 heavy (non-hydrogen) atoms. The molecule has 0 radical (unpaired) electrons. The lowest BCUT2D eigenvalue weighted by Crippen LogP contribution is -2.70. The molecule has 0 spiro atoms. The molecular weight excluding hydrogens is 256 g/mol. The van der Waals surface area contributed by atoms with Gasteiger partial charge in [0.05, 0.1) is 11.2 Å². The van der Waals surface area contributed by atoms with Gasteiger partial charge in [-0.2, -0.15) is 0 Å². The second-order valence-electron chi connectivity index (χ2n) is 7.84. The van der Waals surface area contributed by atoms with Crippen LogP contribution in [0.15, 0.2) is 12.2 Å². The summed E-state index contributed by atoms with van der Waals surface area (Å²) < 4.78 is 11.6. The molecule has 4 saturated carbocycles. The van der Waals surface area contributed by atoms with Crippen LogP contribution in [0.1, 0.15) is 52.4 Å². The summed E-state index contributed by atoms with van der Waals surface area (Å²) in [6.07, 6.45) is 4.39. The van der Waals surface area contributed by atoms with Gasteiger partial charge in [0.1, 0.15) is 5.60 Å². The van der Waals surface area contributed by atoms with Crippen molar-refractivity contribution in [2.75, 3.05) is 7.11 Å². The predicted molar refractivity (Wildman–Crippen MR) is 74.1 cm³/mol. The van der Waals surface area contributed by atoms with Crippen LogP contribution >= 0.6 is 0 Å². The number of aliphatic hydroxyl groups is 1. The fourth-order valence-corrected chi connectivity index (χ4v) is 5.50. The maximum Gasteiger partial charge on any atom is 0.333 e. The van der Waals surface area contributed by atoms with Crippen molar-refractivity contribution in [1.82, 2.24) is 0 Å². The molecule has 0 aromatic heterocycles. The highest BCUT2D eigenvalue weighted by Crippen LogP contribution is 2.66. The molecule has 112 valence electrons. The second kappa shape index (κ2) is 3.86. The Balaban J connectivity index is 1.97. The Kier molecular flexibility index (Phi) is 2.72. The van der Waals surface area contributed by atoms with Gasteiger partial charge >= 0.3 is 5.97 Å². The highest BCUT2D eigenvalue weighted by atomic mass is 16.6. The number of esters is 1. The van der Waals surface area contributed by atoms with E-state index in [0.29, 0.717) is 24.8 Å². The lowest BCUT2D eigenvalue weighted by atomic mass is 9.45. The van der Waals surface area contributed by atoms with Crippen LogP contribution in [0.4, 0.5) is 0 Å². The molecule has 4 nitrogen and oxygen atoms in total. The average molecular weight is 280 g/mol. The molecule has 4 bridgehead atoms. The minimum absolute atomic E-state index is 0.0190. The van der Waals surface area contributed by atoms with Crippen molar-refractivity contribution in [1.29, 1.82) is 0 Å². The molecule has 4 atom stereocenters. The van der Waals surface area contributed by atoms with E-state index in [2.05, 4.69) is 13.5 Å². The van der Waals surface area contributed by atoms with Crippen molar-refractivity contribution >= 4 is 5.97 Å². The topological polar surface area (TPSA) is 55.8 Å². The van der Waals surface area contributed by atoms with Gasteiger partial charge in [0.15, 0.2) is 0 Å². The molecule has 4 aliphatic rings. The molecule has 1 N–H and O–H groups in total. The summed E-state index contributed by atoms with van der Waals surface area (Å²) in [5, 5.41) is 10.9. The van der Waals surface area contributed by atoms with Crippen LogP contribution in [0.25, 0.3) is 0 Å². The Hall–Kier alpha value is -0.870. The second-order valence-corrected chi connectivity index (χ2v) is 7.84. The largest absolute Gasteiger partial charge is 0.455 e. The molecule has 0 aliphatic heterocycles. The third-order valence-corrected chi connectivity index (χ3v) is 5.29. The Morgan fingerprint density at radius 2 is 1.70 bits per heavy atom. The zero-order chi connectivity index (χ0) is 14.8. The molecule has 4 fully saturated rings. The van der Waals surface area contributed by atoms with E-state index in [1.807, 2.05) is 0 Å². The van der Waals surface area contributed by atoms with Gasteiger partial charge in [0.2, 0.25) is 0 Å². The van der Waals surface area contributed by atoms with Crippen molar-refractivity contribution in [3.05, 3.63) is 12.2 Å². The Bertz CT molecular complexity index is 463. The van der Waals surface area contributed by atoms with Crippen molar-refractivity contribution in [2.45, 2.75) is 69.2 Å². The fourth-order valence-electron chi connectivity index (χ4n) is 5.50. The molecule has 4 rings (SSSR count). The van der Waals surface area contributed by atoms with E-state index in [9.17, 15) is 9.90 Å². The standard InChI is InChI=1S/C16H24O4/c1-11(2)12(17)20-16-7-13(3)5-14(18,9-16)8-15(6-13,10-16)19-4/h18H,1,5-10H2,2-4H3. The van der Waals surface area contributed by atoms with E-state index in [-0.39, 0.29) is 17.0 Å². The number of carbonyl (C=O) groups excluding carboxylic acids is 1. The third kappa shape index (κ3) is 2.01. The minimum atomic E-state index is -0.769. The van der Waals surface area contributed by atoms with Gasteiger partial charge < -0.3 is 14.6 Å². The molecule has 0 saturated heterocycles. The average Bonchev–Trinajstić information content (AvgIpc) is 2.23. The number of ether oxygens (including phenoxy) is 2. The minimum Gasteiger partial charge on any atom is -0.455 e. The molecule has 4 aliphatic carbocycles. The summed E-state index contributed by atoms with van der Waals surface area (Å²) in [5.41, 5.74) is -1.33. The van der Waals surface area contributed by atoms with Gasteiger partial charge in [-0.25, -0.2) is 4.79 Å². The molecule has 4 heteroatoms. The van der Waals surface area contributed by atoms with Crippen LogP contribution in [-0.2, 0) is 14.3 Å². The van der Waals surface area contributed by atoms with Gasteiger partial charge in [-0.1, -0.05) is 13.5 Å². The van der Waals surface area contributed by atoms with Crippen LogP contribution in [0.2, 0.25) is 0 Å². The Morgan fingerprint density at radius 1 is 1.10 bits per heavy atom. The number of rotatable bonds is 3. The molecule has 4 unspecified atom stereocenters. The first-order valence-electron chi connectivity index (χ1n) is 7.29. The smallest absolute Gasteiger partial charge is 0.333 e. The lowest BCUT2D eigenvalue weighted by molar-refractivity contribution is -0.287. The van der Waals surface area contributed by atoms with E-state index in [1.54, 1.807) is 14.0 Å². The van der Waals surface area contributed by atoms with Crippen LogP contribution in [0.3, 0.4) is 0 Å². The Morgan fingerprint density at radius 3 is 2.25 bits per heavy atom. The predicted octanol–water partition coefficient (Wildman–Crippen LogP) is 2.35. The normalized spacial score (nSPS) is 49.2. The zero-order valence-corrected chi connectivity index (χ0v) is 12.6. The van der Waals surface area contributed by atoms with Crippen molar-refractivity contribution < 1.29 is 19.4 Å². The van der Waals surface area contributed by atoms with Crippen molar-refractivity contribution in [3.8, 4) is 0 Å².